The number of ether oxygens (including phenoxy) is 1. The van der Waals surface area contributed by atoms with Crippen LogP contribution in [0.5, 0.6) is 11.6 Å². The average molecular weight is 215 g/mol. The predicted octanol–water partition coefficient (Wildman–Crippen LogP) is 2.41. The van der Waals surface area contributed by atoms with E-state index in [4.69, 9.17) is 10.5 Å². The van der Waals surface area contributed by atoms with E-state index >= 15 is 0 Å². The largest absolute Gasteiger partial charge is 0.439 e. The summed E-state index contributed by atoms with van der Waals surface area (Å²) in [6.07, 6.45) is 0.803. The summed E-state index contributed by atoms with van der Waals surface area (Å²) >= 11 is 0. The molecule has 0 saturated carbocycles. The zero-order valence-electron chi connectivity index (χ0n) is 9.05. The van der Waals surface area contributed by atoms with Gasteiger partial charge in [0.1, 0.15) is 5.75 Å². The van der Waals surface area contributed by atoms with Crippen LogP contribution in [-0.2, 0) is 6.42 Å². The molecule has 0 amide bonds. The highest BCUT2D eigenvalue weighted by Gasteiger charge is 2.02. The van der Waals surface area contributed by atoms with Crippen molar-refractivity contribution < 1.29 is 4.74 Å². The molecule has 4 nitrogen and oxygen atoms in total. The fraction of sp³-hybridized carbons (Fsp3) is 0.167. The van der Waals surface area contributed by atoms with Gasteiger partial charge in [0.25, 0.3) is 0 Å². The van der Waals surface area contributed by atoms with Crippen LogP contribution >= 0.6 is 0 Å². The second kappa shape index (κ2) is 4.61. The number of benzene rings is 1. The van der Waals surface area contributed by atoms with Gasteiger partial charge < -0.3 is 10.5 Å². The summed E-state index contributed by atoms with van der Waals surface area (Å²) in [4.78, 5) is 8.10. The molecule has 2 N–H and O–H groups in total. The molecule has 2 aromatic rings. The van der Waals surface area contributed by atoms with Gasteiger partial charge in [0, 0.05) is 11.8 Å². The van der Waals surface area contributed by atoms with Crippen LogP contribution in [0.15, 0.2) is 36.4 Å². The zero-order chi connectivity index (χ0) is 11.4. The summed E-state index contributed by atoms with van der Waals surface area (Å²) < 4.78 is 5.57. The quantitative estimate of drug-likeness (QED) is 0.854. The number of para-hydroxylation sites is 1. The molecular weight excluding hydrogens is 202 g/mol. The van der Waals surface area contributed by atoms with Crippen molar-refractivity contribution >= 4 is 5.95 Å². The molecule has 2 rings (SSSR count). The lowest BCUT2D eigenvalue weighted by atomic mass is 10.3. The van der Waals surface area contributed by atoms with E-state index in [9.17, 15) is 0 Å². The van der Waals surface area contributed by atoms with Crippen molar-refractivity contribution in [2.45, 2.75) is 13.3 Å². The summed E-state index contributed by atoms with van der Waals surface area (Å²) in [6.45, 7) is 2.01. The number of aryl methyl sites for hydroxylation is 1. The fourth-order valence-corrected chi connectivity index (χ4v) is 1.33. The Labute approximate surface area is 94.1 Å². The first-order valence-electron chi connectivity index (χ1n) is 5.14. The highest BCUT2D eigenvalue weighted by atomic mass is 16.5. The third-order valence-electron chi connectivity index (χ3n) is 2.10. The highest BCUT2D eigenvalue weighted by molar-refractivity contribution is 5.31. The van der Waals surface area contributed by atoms with E-state index in [0.717, 1.165) is 17.9 Å². The van der Waals surface area contributed by atoms with Gasteiger partial charge in [0.15, 0.2) is 0 Å². The molecule has 0 bridgehead atoms. The molecule has 0 fully saturated rings. The summed E-state index contributed by atoms with van der Waals surface area (Å²) in [5, 5.41) is 0. The maximum Gasteiger partial charge on any atom is 0.224 e. The van der Waals surface area contributed by atoms with E-state index in [0.29, 0.717) is 5.88 Å². The first kappa shape index (κ1) is 10.4. The molecule has 0 unspecified atom stereocenters. The zero-order valence-corrected chi connectivity index (χ0v) is 9.05. The first-order chi connectivity index (χ1) is 7.78. The Balaban J connectivity index is 2.24. The predicted molar refractivity (Wildman–Crippen MR) is 62.3 cm³/mol. The molecule has 1 heterocycles. The molecule has 1 aromatic carbocycles. The first-order valence-corrected chi connectivity index (χ1v) is 5.14. The smallest absolute Gasteiger partial charge is 0.224 e. The molecule has 1 aromatic heterocycles. The van der Waals surface area contributed by atoms with Crippen LogP contribution in [0, 0.1) is 0 Å². The van der Waals surface area contributed by atoms with Gasteiger partial charge in [-0.25, -0.2) is 4.98 Å². The lowest BCUT2D eigenvalue weighted by molar-refractivity contribution is 0.461. The topological polar surface area (TPSA) is 61.0 Å². The van der Waals surface area contributed by atoms with Gasteiger partial charge in [-0.3, -0.25) is 0 Å². The number of hydrogen-bond donors (Lipinski definition) is 1. The van der Waals surface area contributed by atoms with Crippen LogP contribution in [0.2, 0.25) is 0 Å². The van der Waals surface area contributed by atoms with Crippen molar-refractivity contribution in [2.75, 3.05) is 5.73 Å². The Morgan fingerprint density at radius 1 is 1.19 bits per heavy atom. The van der Waals surface area contributed by atoms with E-state index in [-0.39, 0.29) is 5.95 Å². The van der Waals surface area contributed by atoms with Crippen molar-refractivity contribution in [1.29, 1.82) is 0 Å². The molecule has 0 aliphatic carbocycles. The number of nitrogens with two attached hydrogens (primary N) is 1. The molecular formula is C12H13N3O. The highest BCUT2D eigenvalue weighted by Crippen LogP contribution is 2.19. The number of hydrogen-bond acceptors (Lipinski definition) is 4. The van der Waals surface area contributed by atoms with E-state index < -0.39 is 0 Å². The minimum Gasteiger partial charge on any atom is -0.439 e. The lowest BCUT2D eigenvalue weighted by Crippen LogP contribution is -2.00. The Hall–Kier alpha value is -2.10. The van der Waals surface area contributed by atoms with Crippen LogP contribution in [-0.4, -0.2) is 9.97 Å². The maximum atomic E-state index is 5.59. The number of nitrogen functional groups attached to an aromatic ring is 1. The Kier molecular flexibility index (Phi) is 3.00. The minimum absolute atomic E-state index is 0.241. The molecule has 0 radical (unpaired) electrons. The number of rotatable bonds is 3. The van der Waals surface area contributed by atoms with Gasteiger partial charge in [0.2, 0.25) is 11.8 Å². The van der Waals surface area contributed by atoms with Gasteiger partial charge >= 0.3 is 0 Å². The number of aromatic nitrogens is 2. The van der Waals surface area contributed by atoms with Gasteiger partial charge in [-0.1, -0.05) is 25.1 Å². The molecule has 16 heavy (non-hydrogen) atoms. The molecule has 0 aliphatic rings. The van der Waals surface area contributed by atoms with Crippen molar-refractivity contribution in [3.63, 3.8) is 0 Å². The fourth-order valence-electron chi connectivity index (χ4n) is 1.33. The second-order valence-corrected chi connectivity index (χ2v) is 3.32. The molecule has 0 aliphatic heterocycles. The van der Waals surface area contributed by atoms with Crippen molar-refractivity contribution in [3.05, 3.63) is 42.1 Å². The summed E-state index contributed by atoms with van der Waals surface area (Å²) in [6, 6.07) is 11.3. The Morgan fingerprint density at radius 2 is 1.94 bits per heavy atom. The Morgan fingerprint density at radius 3 is 2.62 bits per heavy atom. The van der Waals surface area contributed by atoms with Gasteiger partial charge in [-0.05, 0) is 18.6 Å². The third kappa shape index (κ3) is 2.48. The SMILES string of the molecule is CCc1cc(Oc2ccccc2)nc(N)n1. The monoisotopic (exact) mass is 215 g/mol. The number of nitrogens with zero attached hydrogens (tertiary/aromatic N) is 2. The Bertz CT molecular complexity index is 471. The third-order valence-corrected chi connectivity index (χ3v) is 2.10. The van der Waals surface area contributed by atoms with Crippen molar-refractivity contribution in [1.82, 2.24) is 9.97 Å². The summed E-state index contributed by atoms with van der Waals surface area (Å²) in [7, 11) is 0. The average Bonchev–Trinajstić information content (AvgIpc) is 2.29. The van der Waals surface area contributed by atoms with Crippen LogP contribution in [0.25, 0.3) is 0 Å². The molecule has 0 atom stereocenters. The molecule has 82 valence electrons. The maximum absolute atomic E-state index is 5.59. The van der Waals surface area contributed by atoms with Crippen LogP contribution < -0.4 is 10.5 Å². The van der Waals surface area contributed by atoms with E-state index in [1.54, 1.807) is 6.07 Å². The van der Waals surface area contributed by atoms with E-state index in [1.807, 2.05) is 37.3 Å². The van der Waals surface area contributed by atoms with Crippen molar-refractivity contribution in [2.24, 2.45) is 0 Å². The molecule has 4 heteroatoms. The minimum atomic E-state index is 0.241. The normalized spacial score (nSPS) is 10.1. The van der Waals surface area contributed by atoms with Crippen LogP contribution in [0.4, 0.5) is 5.95 Å². The molecule has 0 spiro atoms. The van der Waals surface area contributed by atoms with Crippen LogP contribution in [0.3, 0.4) is 0 Å². The van der Waals surface area contributed by atoms with E-state index in [1.165, 1.54) is 0 Å². The van der Waals surface area contributed by atoms with Crippen LogP contribution in [0.1, 0.15) is 12.6 Å². The van der Waals surface area contributed by atoms with Gasteiger partial charge in [-0.2, -0.15) is 4.98 Å². The number of anilines is 1. The standard InChI is InChI=1S/C12H13N3O/c1-2-9-8-11(15-12(13)14-9)16-10-6-4-3-5-7-10/h3-8H,2H2,1H3,(H2,13,14,15). The van der Waals surface area contributed by atoms with E-state index in [2.05, 4.69) is 9.97 Å². The summed E-state index contributed by atoms with van der Waals surface area (Å²) in [5.41, 5.74) is 6.46. The lowest BCUT2D eigenvalue weighted by Gasteiger charge is -2.06. The molecule has 0 saturated heterocycles. The second-order valence-electron chi connectivity index (χ2n) is 3.32. The van der Waals surface area contributed by atoms with Gasteiger partial charge in [-0.15, -0.1) is 0 Å². The van der Waals surface area contributed by atoms with Crippen molar-refractivity contribution in [3.8, 4) is 11.6 Å². The van der Waals surface area contributed by atoms with Gasteiger partial charge in [0.05, 0.1) is 0 Å². The summed E-state index contributed by atoms with van der Waals surface area (Å²) in [5.74, 6) is 1.46.